The van der Waals surface area contributed by atoms with Crippen molar-refractivity contribution in [1.82, 2.24) is 9.80 Å². The van der Waals surface area contributed by atoms with Crippen LogP contribution < -0.4 is 0 Å². The molecule has 1 fully saturated rings. The summed E-state index contributed by atoms with van der Waals surface area (Å²) in [6.07, 6.45) is 0.837. The number of benzene rings is 1. The SMILES string of the molecule is C[C@H]1CN(CCc2ccc(Br)cc2)CCN1C(=O)OC(C)(C)C. The first kappa shape index (κ1) is 18.3. The smallest absolute Gasteiger partial charge is 0.410 e. The summed E-state index contributed by atoms with van der Waals surface area (Å²) in [5.41, 5.74) is 0.908. The molecule has 1 aromatic rings. The first-order valence-corrected chi connectivity index (χ1v) is 9.00. The Labute approximate surface area is 147 Å². The molecule has 0 saturated carbocycles. The van der Waals surface area contributed by atoms with Crippen LogP contribution in [0.15, 0.2) is 28.7 Å². The molecule has 23 heavy (non-hydrogen) atoms. The maximum Gasteiger partial charge on any atom is 0.410 e. The third-order valence-electron chi connectivity index (χ3n) is 3.97. The van der Waals surface area contributed by atoms with Crippen LogP contribution in [-0.4, -0.2) is 53.7 Å². The van der Waals surface area contributed by atoms with E-state index in [1.807, 2.05) is 25.7 Å². The Morgan fingerprint density at radius 1 is 1.26 bits per heavy atom. The fraction of sp³-hybridized carbons (Fsp3) is 0.611. The second kappa shape index (κ2) is 7.67. The minimum atomic E-state index is -0.435. The van der Waals surface area contributed by atoms with E-state index in [9.17, 15) is 4.79 Å². The number of halogens is 1. The van der Waals surface area contributed by atoms with E-state index in [1.165, 1.54) is 5.56 Å². The lowest BCUT2D eigenvalue weighted by molar-refractivity contribution is 0.00163. The highest BCUT2D eigenvalue weighted by Gasteiger charge is 2.30. The summed E-state index contributed by atoms with van der Waals surface area (Å²) in [5.74, 6) is 0. The molecule has 1 aliphatic rings. The Balaban J connectivity index is 1.81. The summed E-state index contributed by atoms with van der Waals surface area (Å²) >= 11 is 3.46. The van der Waals surface area contributed by atoms with Gasteiger partial charge in [-0.1, -0.05) is 28.1 Å². The number of hydrogen-bond acceptors (Lipinski definition) is 3. The van der Waals surface area contributed by atoms with Crippen molar-refractivity contribution in [3.05, 3.63) is 34.3 Å². The molecule has 0 bridgehead atoms. The lowest BCUT2D eigenvalue weighted by atomic mass is 10.1. The van der Waals surface area contributed by atoms with Crippen LogP contribution in [0.25, 0.3) is 0 Å². The number of piperazine rings is 1. The number of rotatable bonds is 3. The Morgan fingerprint density at radius 2 is 1.91 bits per heavy atom. The molecule has 2 rings (SSSR count). The van der Waals surface area contributed by atoms with E-state index < -0.39 is 5.60 Å². The van der Waals surface area contributed by atoms with E-state index in [0.717, 1.165) is 37.1 Å². The van der Waals surface area contributed by atoms with Crippen molar-refractivity contribution >= 4 is 22.0 Å². The molecule has 0 unspecified atom stereocenters. The van der Waals surface area contributed by atoms with Crippen molar-refractivity contribution in [2.45, 2.75) is 45.8 Å². The van der Waals surface area contributed by atoms with Crippen LogP contribution in [-0.2, 0) is 11.2 Å². The average Bonchev–Trinajstić information content (AvgIpc) is 2.45. The topological polar surface area (TPSA) is 32.8 Å². The van der Waals surface area contributed by atoms with Crippen molar-refractivity contribution in [2.75, 3.05) is 26.2 Å². The van der Waals surface area contributed by atoms with E-state index in [-0.39, 0.29) is 12.1 Å². The molecule has 0 radical (unpaired) electrons. The van der Waals surface area contributed by atoms with Gasteiger partial charge in [-0.2, -0.15) is 0 Å². The summed E-state index contributed by atoms with van der Waals surface area (Å²) in [6.45, 7) is 11.4. The highest BCUT2D eigenvalue weighted by atomic mass is 79.9. The molecule has 1 heterocycles. The molecule has 128 valence electrons. The maximum absolute atomic E-state index is 12.2. The number of carbonyl (C=O) groups is 1. The summed E-state index contributed by atoms with van der Waals surface area (Å²) in [5, 5.41) is 0. The van der Waals surface area contributed by atoms with Crippen LogP contribution in [0.2, 0.25) is 0 Å². The number of carbonyl (C=O) groups excluding carboxylic acids is 1. The van der Waals surface area contributed by atoms with Gasteiger partial charge in [-0.05, 0) is 51.8 Å². The highest BCUT2D eigenvalue weighted by Crippen LogP contribution is 2.16. The molecule has 1 aliphatic heterocycles. The highest BCUT2D eigenvalue weighted by molar-refractivity contribution is 9.10. The van der Waals surface area contributed by atoms with Crippen molar-refractivity contribution in [2.24, 2.45) is 0 Å². The Kier molecular flexibility index (Phi) is 6.09. The van der Waals surface area contributed by atoms with Gasteiger partial charge in [0.25, 0.3) is 0 Å². The van der Waals surface area contributed by atoms with Crippen molar-refractivity contribution in [1.29, 1.82) is 0 Å². The summed E-state index contributed by atoms with van der Waals surface area (Å²) < 4.78 is 6.60. The Hall–Kier alpha value is -1.07. The van der Waals surface area contributed by atoms with E-state index in [2.05, 4.69) is 52.0 Å². The summed E-state index contributed by atoms with van der Waals surface area (Å²) in [6, 6.07) is 8.66. The van der Waals surface area contributed by atoms with Crippen LogP contribution in [0.5, 0.6) is 0 Å². The molecule has 4 nitrogen and oxygen atoms in total. The second-order valence-corrected chi connectivity index (χ2v) is 8.12. The minimum Gasteiger partial charge on any atom is -0.444 e. The lowest BCUT2D eigenvalue weighted by Crippen LogP contribution is -2.55. The van der Waals surface area contributed by atoms with E-state index >= 15 is 0 Å². The standard InChI is InChI=1S/C18H27BrN2O2/c1-14-13-20(10-9-15-5-7-16(19)8-6-15)11-12-21(14)17(22)23-18(2,3)4/h5-8,14H,9-13H2,1-4H3/t14-/m0/s1. The monoisotopic (exact) mass is 382 g/mol. The van der Waals surface area contributed by atoms with Gasteiger partial charge in [-0.25, -0.2) is 4.79 Å². The predicted molar refractivity (Wildman–Crippen MR) is 96.7 cm³/mol. The zero-order chi connectivity index (χ0) is 17.0. The van der Waals surface area contributed by atoms with Gasteiger partial charge in [0.2, 0.25) is 0 Å². The van der Waals surface area contributed by atoms with Crippen LogP contribution >= 0.6 is 15.9 Å². The molecule has 0 aromatic heterocycles. The second-order valence-electron chi connectivity index (χ2n) is 7.20. The van der Waals surface area contributed by atoms with Gasteiger partial charge in [0.05, 0.1) is 0 Å². The fourth-order valence-corrected chi connectivity index (χ4v) is 3.03. The number of nitrogens with zero attached hydrogens (tertiary/aromatic N) is 2. The molecule has 1 amide bonds. The van der Waals surface area contributed by atoms with Crippen LogP contribution in [0, 0.1) is 0 Å². The van der Waals surface area contributed by atoms with Gasteiger partial charge < -0.3 is 9.64 Å². The average molecular weight is 383 g/mol. The van der Waals surface area contributed by atoms with Crippen LogP contribution in [0.3, 0.4) is 0 Å². The van der Waals surface area contributed by atoms with E-state index in [0.29, 0.717) is 0 Å². The molecule has 1 aromatic carbocycles. The van der Waals surface area contributed by atoms with Crippen LogP contribution in [0.4, 0.5) is 4.79 Å². The summed E-state index contributed by atoms with van der Waals surface area (Å²) in [7, 11) is 0. The van der Waals surface area contributed by atoms with Gasteiger partial charge in [-0.3, -0.25) is 4.90 Å². The first-order chi connectivity index (χ1) is 10.7. The lowest BCUT2D eigenvalue weighted by Gasteiger charge is -2.40. The summed E-state index contributed by atoms with van der Waals surface area (Å²) in [4.78, 5) is 16.5. The minimum absolute atomic E-state index is 0.184. The third kappa shape index (κ3) is 5.81. The molecule has 1 saturated heterocycles. The van der Waals surface area contributed by atoms with Gasteiger partial charge in [-0.15, -0.1) is 0 Å². The maximum atomic E-state index is 12.2. The largest absolute Gasteiger partial charge is 0.444 e. The van der Waals surface area contributed by atoms with Crippen molar-refractivity contribution in [3.63, 3.8) is 0 Å². The van der Waals surface area contributed by atoms with Crippen molar-refractivity contribution < 1.29 is 9.53 Å². The number of amides is 1. The molecule has 0 spiro atoms. The number of hydrogen-bond donors (Lipinski definition) is 0. The zero-order valence-electron chi connectivity index (χ0n) is 14.5. The normalized spacial score (nSPS) is 19.7. The van der Waals surface area contributed by atoms with Gasteiger partial charge in [0, 0.05) is 36.7 Å². The van der Waals surface area contributed by atoms with Gasteiger partial charge >= 0.3 is 6.09 Å². The van der Waals surface area contributed by atoms with E-state index in [1.54, 1.807) is 0 Å². The molecular formula is C18H27BrN2O2. The molecule has 1 atom stereocenters. The zero-order valence-corrected chi connectivity index (χ0v) is 16.1. The first-order valence-electron chi connectivity index (χ1n) is 8.21. The molecular weight excluding hydrogens is 356 g/mol. The number of ether oxygens (including phenoxy) is 1. The van der Waals surface area contributed by atoms with Gasteiger partial charge in [0.15, 0.2) is 0 Å². The third-order valence-corrected chi connectivity index (χ3v) is 4.50. The predicted octanol–water partition coefficient (Wildman–Crippen LogP) is 3.93. The van der Waals surface area contributed by atoms with Crippen LogP contribution in [0.1, 0.15) is 33.3 Å². The fourth-order valence-electron chi connectivity index (χ4n) is 2.77. The van der Waals surface area contributed by atoms with Crippen molar-refractivity contribution in [3.8, 4) is 0 Å². The quantitative estimate of drug-likeness (QED) is 0.793. The molecule has 0 N–H and O–H groups in total. The van der Waals surface area contributed by atoms with Gasteiger partial charge in [0.1, 0.15) is 5.60 Å². The van der Waals surface area contributed by atoms with E-state index in [4.69, 9.17) is 4.74 Å². The molecule has 0 aliphatic carbocycles. The Bertz CT molecular complexity index is 525. The molecule has 5 heteroatoms. The Morgan fingerprint density at radius 3 is 2.48 bits per heavy atom.